The molecule has 0 amide bonds. The van der Waals surface area contributed by atoms with Crippen LogP contribution in [0.25, 0.3) is 0 Å². The zero-order valence-electron chi connectivity index (χ0n) is 15.6. The van der Waals surface area contributed by atoms with Crippen molar-refractivity contribution < 1.29 is 13.2 Å². The molecule has 2 aromatic rings. The summed E-state index contributed by atoms with van der Waals surface area (Å²) in [5.41, 5.74) is 2.07. The molecule has 26 heavy (non-hydrogen) atoms. The maximum atomic E-state index is 12.8. The minimum atomic E-state index is -3.44. The van der Waals surface area contributed by atoms with Crippen LogP contribution >= 0.6 is 0 Å². The molecule has 0 N–H and O–H groups in total. The van der Waals surface area contributed by atoms with Crippen LogP contribution in [0.1, 0.15) is 19.4 Å². The van der Waals surface area contributed by atoms with E-state index in [0.717, 1.165) is 17.0 Å². The Kier molecular flexibility index (Phi) is 5.53. The summed E-state index contributed by atoms with van der Waals surface area (Å²) < 4.78 is 33.1. The minimum Gasteiger partial charge on any atom is -0.489 e. The quantitative estimate of drug-likeness (QED) is 0.806. The van der Waals surface area contributed by atoms with E-state index >= 15 is 0 Å². The van der Waals surface area contributed by atoms with Crippen molar-refractivity contribution in [2.75, 3.05) is 31.1 Å². The van der Waals surface area contributed by atoms with Crippen molar-refractivity contribution in [2.24, 2.45) is 0 Å². The van der Waals surface area contributed by atoms with E-state index in [4.69, 9.17) is 4.74 Å². The van der Waals surface area contributed by atoms with Gasteiger partial charge in [-0.05, 0) is 45.0 Å². The number of aryl methyl sites for hydroxylation is 1. The number of piperazine rings is 1. The standard InChI is InChI=1S/C20H26N2O3S/c1-16(2)25-20-7-5-4-6-19(20)21-12-14-22(15-13-21)26(23,24)18-10-8-17(3)9-11-18/h4-11,16H,12-15H2,1-3H3. The fraction of sp³-hybridized carbons (Fsp3) is 0.400. The van der Waals surface area contributed by atoms with E-state index in [0.29, 0.717) is 31.1 Å². The summed E-state index contributed by atoms with van der Waals surface area (Å²) >= 11 is 0. The van der Waals surface area contributed by atoms with Gasteiger partial charge in [0.25, 0.3) is 0 Å². The molecular formula is C20H26N2O3S. The first-order valence-electron chi connectivity index (χ1n) is 8.95. The number of ether oxygens (including phenoxy) is 1. The van der Waals surface area contributed by atoms with Crippen molar-refractivity contribution in [3.8, 4) is 5.75 Å². The molecule has 0 saturated carbocycles. The molecule has 0 radical (unpaired) electrons. The van der Waals surface area contributed by atoms with Crippen LogP contribution in [0.3, 0.4) is 0 Å². The largest absolute Gasteiger partial charge is 0.489 e. The summed E-state index contributed by atoms with van der Waals surface area (Å²) in [6.45, 7) is 8.17. The van der Waals surface area contributed by atoms with Gasteiger partial charge >= 0.3 is 0 Å². The first-order chi connectivity index (χ1) is 12.4. The third kappa shape index (κ3) is 4.02. The Morgan fingerprint density at radius 2 is 1.54 bits per heavy atom. The predicted molar refractivity (Wildman–Crippen MR) is 104 cm³/mol. The monoisotopic (exact) mass is 374 g/mol. The van der Waals surface area contributed by atoms with Crippen molar-refractivity contribution in [3.05, 3.63) is 54.1 Å². The van der Waals surface area contributed by atoms with E-state index in [1.807, 2.05) is 57.2 Å². The van der Waals surface area contributed by atoms with Crippen molar-refractivity contribution in [2.45, 2.75) is 31.8 Å². The van der Waals surface area contributed by atoms with Gasteiger partial charge in [0.05, 0.1) is 16.7 Å². The molecule has 0 atom stereocenters. The van der Waals surface area contributed by atoms with Gasteiger partial charge in [0, 0.05) is 26.2 Å². The Bertz CT molecular complexity index is 840. The van der Waals surface area contributed by atoms with Crippen molar-refractivity contribution in [1.82, 2.24) is 4.31 Å². The number of para-hydroxylation sites is 2. The number of nitrogens with zero attached hydrogens (tertiary/aromatic N) is 2. The van der Waals surface area contributed by atoms with Gasteiger partial charge in [0.2, 0.25) is 10.0 Å². The zero-order chi connectivity index (χ0) is 18.7. The van der Waals surface area contributed by atoms with E-state index in [1.54, 1.807) is 16.4 Å². The summed E-state index contributed by atoms with van der Waals surface area (Å²) in [4.78, 5) is 2.55. The molecule has 1 aliphatic rings. The summed E-state index contributed by atoms with van der Waals surface area (Å²) in [6.07, 6.45) is 0.0966. The molecule has 0 aliphatic carbocycles. The molecule has 0 spiro atoms. The third-order valence-corrected chi connectivity index (χ3v) is 6.38. The molecule has 2 aromatic carbocycles. The lowest BCUT2D eigenvalue weighted by molar-refractivity contribution is 0.242. The molecule has 0 unspecified atom stereocenters. The van der Waals surface area contributed by atoms with E-state index in [1.165, 1.54) is 0 Å². The molecule has 5 nitrogen and oxygen atoms in total. The van der Waals surface area contributed by atoms with Crippen LogP contribution in [0.15, 0.2) is 53.4 Å². The zero-order valence-corrected chi connectivity index (χ0v) is 16.4. The first kappa shape index (κ1) is 18.7. The molecular weight excluding hydrogens is 348 g/mol. The van der Waals surface area contributed by atoms with Gasteiger partial charge in [-0.25, -0.2) is 8.42 Å². The lowest BCUT2D eigenvalue weighted by Gasteiger charge is -2.36. The molecule has 1 heterocycles. The number of rotatable bonds is 5. The molecule has 1 fully saturated rings. The Balaban J connectivity index is 1.73. The van der Waals surface area contributed by atoms with Crippen LogP contribution in [-0.2, 0) is 10.0 Å². The Hall–Kier alpha value is -2.05. The highest BCUT2D eigenvalue weighted by atomic mass is 32.2. The van der Waals surface area contributed by atoms with Gasteiger partial charge in [-0.2, -0.15) is 4.31 Å². The summed E-state index contributed by atoms with van der Waals surface area (Å²) in [5, 5.41) is 0. The van der Waals surface area contributed by atoms with Gasteiger partial charge in [-0.15, -0.1) is 0 Å². The molecule has 0 aromatic heterocycles. The number of anilines is 1. The topological polar surface area (TPSA) is 49.9 Å². The lowest BCUT2D eigenvalue weighted by Crippen LogP contribution is -2.48. The van der Waals surface area contributed by atoms with Crippen LogP contribution in [0.4, 0.5) is 5.69 Å². The Labute approximate surface area is 156 Å². The van der Waals surface area contributed by atoms with Crippen LogP contribution in [-0.4, -0.2) is 45.0 Å². The minimum absolute atomic E-state index is 0.0966. The fourth-order valence-electron chi connectivity index (χ4n) is 3.10. The van der Waals surface area contributed by atoms with Crippen LogP contribution in [0.2, 0.25) is 0 Å². The fourth-order valence-corrected chi connectivity index (χ4v) is 4.52. The van der Waals surface area contributed by atoms with E-state index in [9.17, 15) is 8.42 Å². The highest BCUT2D eigenvalue weighted by Gasteiger charge is 2.29. The average molecular weight is 375 g/mol. The summed E-state index contributed by atoms with van der Waals surface area (Å²) in [5.74, 6) is 0.845. The summed E-state index contributed by atoms with van der Waals surface area (Å²) in [6, 6.07) is 15.0. The molecule has 1 saturated heterocycles. The van der Waals surface area contributed by atoms with Gasteiger partial charge in [0.15, 0.2) is 0 Å². The number of hydrogen-bond acceptors (Lipinski definition) is 4. The number of benzene rings is 2. The molecule has 6 heteroatoms. The van der Waals surface area contributed by atoms with E-state index in [-0.39, 0.29) is 6.10 Å². The van der Waals surface area contributed by atoms with Crippen molar-refractivity contribution >= 4 is 15.7 Å². The van der Waals surface area contributed by atoms with Crippen LogP contribution < -0.4 is 9.64 Å². The van der Waals surface area contributed by atoms with Gasteiger partial charge in [0.1, 0.15) is 5.75 Å². The second-order valence-corrected chi connectivity index (χ2v) is 8.78. The van der Waals surface area contributed by atoms with Crippen LogP contribution in [0, 0.1) is 6.92 Å². The maximum Gasteiger partial charge on any atom is 0.243 e. The third-order valence-electron chi connectivity index (χ3n) is 4.47. The molecule has 1 aliphatic heterocycles. The van der Waals surface area contributed by atoms with Crippen molar-refractivity contribution in [3.63, 3.8) is 0 Å². The Morgan fingerprint density at radius 1 is 0.923 bits per heavy atom. The van der Waals surface area contributed by atoms with Gasteiger partial charge in [-0.3, -0.25) is 0 Å². The van der Waals surface area contributed by atoms with E-state index < -0.39 is 10.0 Å². The van der Waals surface area contributed by atoms with E-state index in [2.05, 4.69) is 4.90 Å². The van der Waals surface area contributed by atoms with Gasteiger partial charge < -0.3 is 9.64 Å². The molecule has 3 rings (SSSR count). The van der Waals surface area contributed by atoms with Gasteiger partial charge in [-0.1, -0.05) is 29.8 Å². The van der Waals surface area contributed by atoms with Crippen LogP contribution in [0.5, 0.6) is 5.75 Å². The highest BCUT2D eigenvalue weighted by molar-refractivity contribution is 7.89. The number of sulfonamides is 1. The average Bonchev–Trinajstić information content (AvgIpc) is 2.62. The second kappa shape index (κ2) is 7.68. The lowest BCUT2D eigenvalue weighted by atomic mass is 10.2. The SMILES string of the molecule is Cc1ccc(S(=O)(=O)N2CCN(c3ccccc3OC(C)C)CC2)cc1. The second-order valence-electron chi connectivity index (χ2n) is 6.84. The first-order valence-corrected chi connectivity index (χ1v) is 10.4. The number of hydrogen-bond donors (Lipinski definition) is 0. The molecule has 140 valence electrons. The predicted octanol–water partition coefficient (Wildman–Crippen LogP) is 3.29. The smallest absolute Gasteiger partial charge is 0.243 e. The highest BCUT2D eigenvalue weighted by Crippen LogP contribution is 2.30. The normalized spacial score (nSPS) is 16.1. The molecule has 0 bridgehead atoms. The van der Waals surface area contributed by atoms with Crippen molar-refractivity contribution in [1.29, 1.82) is 0 Å². The maximum absolute atomic E-state index is 12.8. The Morgan fingerprint density at radius 3 is 2.15 bits per heavy atom. The summed E-state index contributed by atoms with van der Waals surface area (Å²) in [7, 11) is -3.44.